The van der Waals surface area contributed by atoms with Crippen molar-refractivity contribution >= 4 is 13.7 Å². The predicted molar refractivity (Wildman–Crippen MR) is 207 cm³/mol. The molecule has 0 aromatic heterocycles. The van der Waals surface area contributed by atoms with Gasteiger partial charge in [0.2, 0.25) is 5.91 Å². The van der Waals surface area contributed by atoms with Crippen molar-refractivity contribution in [3.05, 3.63) is 72.9 Å². The van der Waals surface area contributed by atoms with Gasteiger partial charge in [-0.3, -0.25) is 13.8 Å². The van der Waals surface area contributed by atoms with Crippen molar-refractivity contribution in [1.29, 1.82) is 0 Å². The van der Waals surface area contributed by atoms with E-state index in [1.54, 1.807) is 0 Å². The standard InChI is InChI=1S/C40H71N2O6P/c1-6-8-10-12-14-16-17-18-19-20-21-22-23-24-25-26-28-30-32-34-40(44)41-38(37-48-49(45,46)47-36-35-42(3,4)5)39(43)33-31-29-27-15-13-11-9-7-2/h8,10,14,16,18-19,21-22,24-25,28,30,38-39,43H,6-7,9,11-13,15,17,20,23,26-27,29,31-37H2,1-5H3,(H-,41,44,45,46)/p+1/b10-8-,16-14-,19-18-,22-21-,25-24-,30-28-. The van der Waals surface area contributed by atoms with Crippen LogP contribution in [-0.2, 0) is 18.4 Å². The largest absolute Gasteiger partial charge is 0.472 e. The van der Waals surface area contributed by atoms with Crippen LogP contribution < -0.4 is 5.32 Å². The molecule has 0 bridgehead atoms. The first-order chi connectivity index (χ1) is 23.5. The lowest BCUT2D eigenvalue weighted by atomic mass is 10.0. The Kier molecular flexibility index (Phi) is 30.5. The van der Waals surface area contributed by atoms with Gasteiger partial charge in [-0.15, -0.1) is 0 Å². The SMILES string of the molecule is CC/C=C\C/C=C\C/C=C\C/C=C\C/C=C\C/C=C\CCC(=O)NC(COP(=O)(O)OCC[N+](C)(C)C)C(O)CCCCCCCCCC. The van der Waals surface area contributed by atoms with Crippen molar-refractivity contribution in [2.24, 2.45) is 0 Å². The number of quaternary nitrogens is 1. The molecule has 0 saturated carbocycles. The summed E-state index contributed by atoms with van der Waals surface area (Å²) in [5.41, 5.74) is 0. The summed E-state index contributed by atoms with van der Waals surface area (Å²) in [5.74, 6) is -0.234. The maximum atomic E-state index is 12.7. The zero-order valence-corrected chi connectivity index (χ0v) is 32.5. The van der Waals surface area contributed by atoms with Gasteiger partial charge in [0.25, 0.3) is 0 Å². The number of phosphoric acid groups is 1. The molecular weight excluding hydrogens is 635 g/mol. The second-order valence-corrected chi connectivity index (χ2v) is 15.0. The van der Waals surface area contributed by atoms with Crippen molar-refractivity contribution in [3.8, 4) is 0 Å². The Morgan fingerprint density at radius 1 is 0.714 bits per heavy atom. The van der Waals surface area contributed by atoms with Gasteiger partial charge in [0.05, 0.1) is 39.9 Å². The summed E-state index contributed by atoms with van der Waals surface area (Å²) < 4.78 is 23.4. The monoisotopic (exact) mass is 708 g/mol. The Labute approximate surface area is 300 Å². The van der Waals surface area contributed by atoms with Gasteiger partial charge >= 0.3 is 7.82 Å². The molecule has 0 spiro atoms. The first-order valence-corrected chi connectivity index (χ1v) is 20.3. The van der Waals surface area contributed by atoms with E-state index in [1.165, 1.54) is 32.1 Å². The van der Waals surface area contributed by atoms with Crippen molar-refractivity contribution in [2.45, 2.75) is 135 Å². The van der Waals surface area contributed by atoms with E-state index in [0.29, 0.717) is 23.9 Å². The highest BCUT2D eigenvalue weighted by Gasteiger charge is 2.28. The molecule has 0 aromatic carbocycles. The highest BCUT2D eigenvalue weighted by atomic mass is 31.2. The average Bonchev–Trinajstić information content (AvgIpc) is 3.04. The fraction of sp³-hybridized carbons (Fsp3) is 0.675. The number of aliphatic hydroxyl groups is 1. The Balaban J connectivity index is 4.56. The summed E-state index contributed by atoms with van der Waals surface area (Å²) in [6.45, 7) is 4.64. The number of aliphatic hydroxyl groups excluding tert-OH is 1. The van der Waals surface area contributed by atoms with E-state index in [4.69, 9.17) is 9.05 Å². The second kappa shape index (κ2) is 31.9. The fourth-order valence-corrected chi connectivity index (χ4v) is 5.45. The summed E-state index contributed by atoms with van der Waals surface area (Å²) in [5, 5.41) is 13.7. The molecule has 0 radical (unpaired) electrons. The Morgan fingerprint density at radius 2 is 1.18 bits per heavy atom. The van der Waals surface area contributed by atoms with Crippen LogP contribution in [-0.4, -0.2) is 73.4 Å². The van der Waals surface area contributed by atoms with Gasteiger partial charge in [-0.25, -0.2) is 4.57 Å². The third-order valence-electron chi connectivity index (χ3n) is 7.73. The van der Waals surface area contributed by atoms with Gasteiger partial charge in [0.15, 0.2) is 0 Å². The highest BCUT2D eigenvalue weighted by Crippen LogP contribution is 2.43. The van der Waals surface area contributed by atoms with E-state index >= 15 is 0 Å². The van der Waals surface area contributed by atoms with Crippen molar-refractivity contribution in [2.75, 3.05) is 40.9 Å². The zero-order chi connectivity index (χ0) is 36.5. The molecule has 1 amide bonds. The van der Waals surface area contributed by atoms with Gasteiger partial charge in [-0.2, -0.15) is 0 Å². The van der Waals surface area contributed by atoms with E-state index in [1.807, 2.05) is 33.3 Å². The summed E-state index contributed by atoms with van der Waals surface area (Å²) in [6, 6.07) is -0.801. The minimum absolute atomic E-state index is 0.0566. The first kappa shape index (κ1) is 46.9. The Morgan fingerprint density at radius 3 is 1.67 bits per heavy atom. The molecule has 0 aliphatic carbocycles. The van der Waals surface area contributed by atoms with Crippen LogP contribution >= 0.6 is 7.82 Å². The normalized spacial score (nSPS) is 15.5. The number of nitrogens with zero attached hydrogens (tertiary/aromatic N) is 1. The lowest BCUT2D eigenvalue weighted by Crippen LogP contribution is -2.46. The van der Waals surface area contributed by atoms with Crippen LogP contribution in [0.1, 0.15) is 123 Å². The number of carbonyl (C=O) groups excluding carboxylic acids is 1. The third kappa shape index (κ3) is 34.2. The summed E-state index contributed by atoms with van der Waals surface area (Å²) >= 11 is 0. The molecule has 49 heavy (non-hydrogen) atoms. The maximum Gasteiger partial charge on any atom is 0.472 e. The molecule has 0 aromatic rings. The molecular formula is C40H72N2O6P+. The summed E-state index contributed by atoms with van der Waals surface area (Å²) in [6.07, 6.45) is 40.9. The molecule has 0 aliphatic rings. The van der Waals surface area contributed by atoms with Crippen LogP contribution in [0.5, 0.6) is 0 Å². The van der Waals surface area contributed by atoms with Gasteiger partial charge < -0.3 is 19.8 Å². The summed E-state index contributed by atoms with van der Waals surface area (Å²) in [4.78, 5) is 22.9. The number of amides is 1. The predicted octanol–water partition coefficient (Wildman–Crippen LogP) is 9.68. The number of carbonyl (C=O) groups is 1. The van der Waals surface area contributed by atoms with E-state index in [0.717, 1.165) is 57.8 Å². The molecule has 9 heteroatoms. The Bertz CT molecular complexity index is 1030. The van der Waals surface area contributed by atoms with Gasteiger partial charge in [-0.05, 0) is 51.4 Å². The quantitative estimate of drug-likeness (QED) is 0.0278. The van der Waals surface area contributed by atoms with E-state index in [-0.39, 0.29) is 25.5 Å². The van der Waals surface area contributed by atoms with Crippen molar-refractivity contribution < 1.29 is 32.9 Å². The van der Waals surface area contributed by atoms with Gasteiger partial charge in [0, 0.05) is 6.42 Å². The molecule has 0 rings (SSSR count). The van der Waals surface area contributed by atoms with E-state index in [2.05, 4.69) is 79.9 Å². The van der Waals surface area contributed by atoms with Crippen LogP contribution in [0.3, 0.4) is 0 Å². The molecule has 0 saturated heterocycles. The van der Waals surface area contributed by atoms with Crippen molar-refractivity contribution in [1.82, 2.24) is 5.32 Å². The molecule has 0 fully saturated rings. The average molecular weight is 708 g/mol. The minimum atomic E-state index is -4.32. The molecule has 282 valence electrons. The van der Waals surface area contributed by atoms with Crippen LogP contribution in [0.15, 0.2) is 72.9 Å². The van der Waals surface area contributed by atoms with Crippen LogP contribution in [0.2, 0.25) is 0 Å². The topological polar surface area (TPSA) is 105 Å². The number of unbranched alkanes of at least 4 members (excludes halogenated alkanes) is 7. The minimum Gasteiger partial charge on any atom is -0.391 e. The maximum absolute atomic E-state index is 12.7. The molecule has 0 heterocycles. The lowest BCUT2D eigenvalue weighted by Gasteiger charge is -2.26. The molecule has 0 aliphatic heterocycles. The van der Waals surface area contributed by atoms with Crippen LogP contribution in [0, 0.1) is 0 Å². The van der Waals surface area contributed by atoms with Crippen LogP contribution in [0.25, 0.3) is 0 Å². The number of hydrogen-bond acceptors (Lipinski definition) is 5. The van der Waals surface area contributed by atoms with Gasteiger partial charge in [-0.1, -0.05) is 138 Å². The highest BCUT2D eigenvalue weighted by molar-refractivity contribution is 7.47. The zero-order valence-electron chi connectivity index (χ0n) is 31.6. The number of rotatable bonds is 32. The molecule has 3 atom stereocenters. The number of nitrogens with one attached hydrogen (secondary N) is 1. The van der Waals surface area contributed by atoms with Gasteiger partial charge in [0.1, 0.15) is 13.2 Å². The number of hydrogen-bond donors (Lipinski definition) is 3. The number of allylic oxidation sites excluding steroid dienone is 12. The molecule has 3 unspecified atom stereocenters. The lowest BCUT2D eigenvalue weighted by molar-refractivity contribution is -0.870. The fourth-order valence-electron chi connectivity index (χ4n) is 4.71. The third-order valence-corrected chi connectivity index (χ3v) is 8.72. The number of likely N-dealkylation sites (N-methyl/N-ethyl adjacent to an activating group) is 1. The smallest absolute Gasteiger partial charge is 0.391 e. The van der Waals surface area contributed by atoms with E-state index in [9.17, 15) is 19.4 Å². The molecule has 8 nitrogen and oxygen atoms in total. The summed E-state index contributed by atoms with van der Waals surface area (Å²) in [7, 11) is 1.55. The number of phosphoric ester groups is 1. The Hall–Kier alpha value is -2.06. The van der Waals surface area contributed by atoms with Crippen molar-refractivity contribution in [3.63, 3.8) is 0 Å². The van der Waals surface area contributed by atoms with Crippen LogP contribution in [0.4, 0.5) is 0 Å². The first-order valence-electron chi connectivity index (χ1n) is 18.8. The second-order valence-electron chi connectivity index (χ2n) is 13.6. The molecule has 3 N–H and O–H groups in total. The van der Waals surface area contributed by atoms with E-state index < -0.39 is 20.0 Å².